The molecule has 0 radical (unpaired) electrons. The molecule has 0 aliphatic carbocycles. The topological polar surface area (TPSA) is 75.7 Å². The molecular formula is C18H22N2O4. The van der Waals surface area contributed by atoms with Gasteiger partial charge in [-0.1, -0.05) is 18.7 Å². The van der Waals surface area contributed by atoms with Gasteiger partial charge in [-0.3, -0.25) is 14.4 Å². The first-order valence-electron chi connectivity index (χ1n) is 7.91. The van der Waals surface area contributed by atoms with Crippen LogP contribution in [-0.2, 0) is 25.5 Å². The summed E-state index contributed by atoms with van der Waals surface area (Å²) < 4.78 is 4.64. The second kappa shape index (κ2) is 8.29. The van der Waals surface area contributed by atoms with Gasteiger partial charge in [0, 0.05) is 24.7 Å². The Kier molecular flexibility index (Phi) is 6.12. The van der Waals surface area contributed by atoms with Gasteiger partial charge >= 0.3 is 5.97 Å². The minimum absolute atomic E-state index is 0.0593. The van der Waals surface area contributed by atoms with E-state index >= 15 is 0 Å². The fraction of sp³-hybridized carbons (Fsp3) is 0.389. The van der Waals surface area contributed by atoms with Crippen LogP contribution in [0.4, 0.5) is 5.69 Å². The smallest absolute Gasteiger partial charge is 0.309 e. The minimum Gasteiger partial charge on any atom is -0.469 e. The standard InChI is InChI=1S/C18H22N2O4/c1-3-16(21)20-9-7-14(8-10-20)18(23)19-15-6-4-5-13(11-15)12-17(22)24-2/h3-6,11,14H,1,7-10,12H2,2H3,(H,19,23). The number of amides is 2. The van der Waals surface area contributed by atoms with Crippen LogP contribution in [-0.4, -0.2) is 42.9 Å². The van der Waals surface area contributed by atoms with Crippen molar-refractivity contribution >= 4 is 23.5 Å². The zero-order valence-electron chi connectivity index (χ0n) is 13.8. The second-order valence-electron chi connectivity index (χ2n) is 5.75. The molecule has 0 bridgehead atoms. The summed E-state index contributed by atoms with van der Waals surface area (Å²) in [5.74, 6) is -0.596. The van der Waals surface area contributed by atoms with Crippen molar-refractivity contribution in [1.82, 2.24) is 4.90 Å². The molecule has 6 nitrogen and oxygen atoms in total. The van der Waals surface area contributed by atoms with Gasteiger partial charge in [0.25, 0.3) is 0 Å². The highest BCUT2D eigenvalue weighted by Crippen LogP contribution is 2.20. The molecule has 1 fully saturated rings. The summed E-state index contributed by atoms with van der Waals surface area (Å²) in [6.07, 6.45) is 2.73. The van der Waals surface area contributed by atoms with E-state index in [4.69, 9.17) is 0 Å². The molecule has 6 heteroatoms. The molecule has 1 heterocycles. The SMILES string of the molecule is C=CC(=O)N1CCC(C(=O)Nc2cccc(CC(=O)OC)c2)CC1. The summed E-state index contributed by atoms with van der Waals surface area (Å²) in [6, 6.07) is 7.16. The Morgan fingerprint density at radius 1 is 1.33 bits per heavy atom. The third-order valence-corrected chi connectivity index (χ3v) is 4.12. The molecule has 0 spiro atoms. The molecule has 1 aromatic carbocycles. The Hall–Kier alpha value is -2.63. The minimum atomic E-state index is -0.322. The van der Waals surface area contributed by atoms with Crippen LogP contribution in [0.3, 0.4) is 0 Å². The normalized spacial score (nSPS) is 14.8. The van der Waals surface area contributed by atoms with E-state index in [1.54, 1.807) is 23.1 Å². The average molecular weight is 330 g/mol. The molecule has 1 saturated heterocycles. The van der Waals surface area contributed by atoms with Crippen LogP contribution in [0.2, 0.25) is 0 Å². The van der Waals surface area contributed by atoms with E-state index in [1.807, 2.05) is 6.07 Å². The number of piperidine rings is 1. The third kappa shape index (κ3) is 4.68. The molecule has 0 aromatic heterocycles. The maximum Gasteiger partial charge on any atom is 0.309 e. The summed E-state index contributed by atoms with van der Waals surface area (Å²) in [6.45, 7) is 4.60. The lowest BCUT2D eigenvalue weighted by Crippen LogP contribution is -2.40. The van der Waals surface area contributed by atoms with Gasteiger partial charge in [0.05, 0.1) is 13.5 Å². The van der Waals surface area contributed by atoms with Crippen molar-refractivity contribution in [1.29, 1.82) is 0 Å². The first kappa shape index (κ1) is 17.7. The average Bonchev–Trinajstić information content (AvgIpc) is 2.61. The van der Waals surface area contributed by atoms with Crippen LogP contribution < -0.4 is 5.32 Å². The molecule has 1 aliphatic heterocycles. The Morgan fingerprint density at radius 3 is 2.67 bits per heavy atom. The summed E-state index contributed by atoms with van der Waals surface area (Å²) >= 11 is 0. The number of ether oxygens (including phenoxy) is 1. The van der Waals surface area contributed by atoms with Gasteiger partial charge in [-0.05, 0) is 36.6 Å². The highest BCUT2D eigenvalue weighted by molar-refractivity contribution is 5.93. The van der Waals surface area contributed by atoms with Crippen molar-refractivity contribution in [2.75, 3.05) is 25.5 Å². The zero-order valence-corrected chi connectivity index (χ0v) is 13.8. The fourth-order valence-electron chi connectivity index (χ4n) is 2.73. The number of nitrogens with one attached hydrogen (secondary N) is 1. The number of hydrogen-bond acceptors (Lipinski definition) is 4. The molecular weight excluding hydrogens is 308 g/mol. The number of likely N-dealkylation sites (tertiary alicyclic amines) is 1. The Bertz CT molecular complexity index is 634. The molecule has 1 aromatic rings. The highest BCUT2D eigenvalue weighted by atomic mass is 16.5. The van der Waals surface area contributed by atoms with Gasteiger partial charge in [0.1, 0.15) is 0 Å². The van der Waals surface area contributed by atoms with Crippen LogP contribution in [0.25, 0.3) is 0 Å². The maximum absolute atomic E-state index is 12.4. The predicted octanol–water partition coefficient (Wildman–Crippen LogP) is 1.77. The summed E-state index contributed by atoms with van der Waals surface area (Å²) in [5, 5.41) is 2.89. The van der Waals surface area contributed by atoms with E-state index in [1.165, 1.54) is 13.2 Å². The molecule has 0 unspecified atom stereocenters. The van der Waals surface area contributed by atoms with Crippen molar-refractivity contribution in [3.05, 3.63) is 42.5 Å². The molecule has 2 amide bonds. The van der Waals surface area contributed by atoms with Crippen LogP contribution in [0.1, 0.15) is 18.4 Å². The van der Waals surface area contributed by atoms with Crippen molar-refractivity contribution in [2.24, 2.45) is 5.92 Å². The van der Waals surface area contributed by atoms with Gasteiger partial charge < -0.3 is 15.0 Å². The second-order valence-corrected chi connectivity index (χ2v) is 5.75. The molecule has 24 heavy (non-hydrogen) atoms. The van der Waals surface area contributed by atoms with Crippen molar-refractivity contribution in [2.45, 2.75) is 19.3 Å². The van der Waals surface area contributed by atoms with Gasteiger partial charge in [0.2, 0.25) is 11.8 Å². The summed E-state index contributed by atoms with van der Waals surface area (Å²) in [5.41, 5.74) is 1.44. The molecule has 0 saturated carbocycles. The number of methoxy groups -OCH3 is 1. The van der Waals surface area contributed by atoms with Gasteiger partial charge in [0.15, 0.2) is 0 Å². The predicted molar refractivity (Wildman–Crippen MR) is 90.3 cm³/mol. The zero-order chi connectivity index (χ0) is 17.5. The third-order valence-electron chi connectivity index (χ3n) is 4.12. The first-order chi connectivity index (χ1) is 11.5. The van der Waals surface area contributed by atoms with E-state index in [0.29, 0.717) is 31.6 Å². The Balaban J connectivity index is 1.91. The number of esters is 1. The number of carbonyl (C=O) groups is 3. The number of rotatable bonds is 5. The van der Waals surface area contributed by atoms with Gasteiger partial charge in [-0.25, -0.2) is 0 Å². The van der Waals surface area contributed by atoms with Gasteiger partial charge in [-0.15, -0.1) is 0 Å². The number of carbonyl (C=O) groups excluding carboxylic acids is 3. The Morgan fingerprint density at radius 2 is 2.04 bits per heavy atom. The van der Waals surface area contributed by atoms with E-state index < -0.39 is 0 Å². The quantitative estimate of drug-likeness (QED) is 0.659. The molecule has 1 aliphatic rings. The Labute approximate surface area is 141 Å². The van der Waals surface area contributed by atoms with Crippen LogP contribution in [0, 0.1) is 5.92 Å². The summed E-state index contributed by atoms with van der Waals surface area (Å²) in [7, 11) is 1.34. The lowest BCUT2D eigenvalue weighted by atomic mass is 9.95. The maximum atomic E-state index is 12.4. The number of anilines is 1. The summed E-state index contributed by atoms with van der Waals surface area (Å²) in [4.78, 5) is 37.0. The fourth-order valence-corrected chi connectivity index (χ4v) is 2.73. The molecule has 1 N–H and O–H groups in total. The van der Waals surface area contributed by atoms with Crippen LogP contribution >= 0.6 is 0 Å². The van der Waals surface area contributed by atoms with Crippen molar-refractivity contribution in [3.8, 4) is 0 Å². The monoisotopic (exact) mass is 330 g/mol. The molecule has 128 valence electrons. The molecule has 0 atom stereocenters. The van der Waals surface area contributed by atoms with Gasteiger partial charge in [-0.2, -0.15) is 0 Å². The van der Waals surface area contributed by atoms with E-state index in [2.05, 4.69) is 16.6 Å². The van der Waals surface area contributed by atoms with Crippen molar-refractivity contribution in [3.63, 3.8) is 0 Å². The largest absolute Gasteiger partial charge is 0.469 e. The molecule has 2 rings (SSSR count). The van der Waals surface area contributed by atoms with E-state index in [-0.39, 0.29) is 30.1 Å². The number of nitrogens with zero attached hydrogens (tertiary/aromatic N) is 1. The number of benzene rings is 1. The number of hydrogen-bond donors (Lipinski definition) is 1. The first-order valence-corrected chi connectivity index (χ1v) is 7.91. The van der Waals surface area contributed by atoms with E-state index in [0.717, 1.165) is 5.56 Å². The highest BCUT2D eigenvalue weighted by Gasteiger charge is 2.26. The lowest BCUT2D eigenvalue weighted by Gasteiger charge is -2.30. The van der Waals surface area contributed by atoms with Crippen molar-refractivity contribution < 1.29 is 19.1 Å². The van der Waals surface area contributed by atoms with Crippen LogP contribution in [0.15, 0.2) is 36.9 Å². The van der Waals surface area contributed by atoms with Crippen LogP contribution in [0.5, 0.6) is 0 Å². The van der Waals surface area contributed by atoms with E-state index in [9.17, 15) is 14.4 Å². The lowest BCUT2D eigenvalue weighted by molar-refractivity contribution is -0.139.